The SMILES string of the molecule is C/C=C(/C)C(=O)O[C@@H]1CC[C@](C)(O)[C@@H]2CC(C(C)C)=CC[C@]21C. The van der Waals surface area contributed by atoms with Gasteiger partial charge in [-0.05, 0) is 52.4 Å². The fourth-order valence-corrected chi connectivity index (χ4v) is 4.26. The second-order valence-corrected chi connectivity index (χ2v) is 8.16. The van der Waals surface area contributed by atoms with E-state index in [0.717, 1.165) is 19.3 Å². The highest BCUT2D eigenvalue weighted by Crippen LogP contribution is 2.55. The lowest BCUT2D eigenvalue weighted by atomic mass is 9.54. The fourth-order valence-electron chi connectivity index (χ4n) is 4.26. The molecule has 3 nitrogen and oxygen atoms in total. The monoisotopic (exact) mass is 320 g/mol. The molecule has 0 saturated heterocycles. The van der Waals surface area contributed by atoms with Crippen LogP contribution in [0.4, 0.5) is 0 Å². The number of fused-ring (bicyclic) bond motifs is 1. The highest BCUT2D eigenvalue weighted by atomic mass is 16.5. The van der Waals surface area contributed by atoms with Gasteiger partial charge in [0, 0.05) is 16.9 Å². The molecule has 0 bridgehead atoms. The Balaban J connectivity index is 2.29. The molecule has 0 heterocycles. The molecule has 0 aromatic carbocycles. The zero-order valence-corrected chi connectivity index (χ0v) is 15.5. The molecule has 1 saturated carbocycles. The molecule has 23 heavy (non-hydrogen) atoms. The summed E-state index contributed by atoms with van der Waals surface area (Å²) in [4.78, 5) is 12.2. The predicted octanol–water partition coefficient (Wildman–Crippen LogP) is 4.41. The number of carbonyl (C=O) groups is 1. The molecule has 0 unspecified atom stereocenters. The van der Waals surface area contributed by atoms with Crippen molar-refractivity contribution < 1.29 is 14.6 Å². The first-order chi connectivity index (χ1) is 10.6. The van der Waals surface area contributed by atoms with Crippen LogP contribution in [0.3, 0.4) is 0 Å². The van der Waals surface area contributed by atoms with E-state index < -0.39 is 5.60 Å². The van der Waals surface area contributed by atoms with E-state index in [9.17, 15) is 9.90 Å². The molecule has 0 spiro atoms. The van der Waals surface area contributed by atoms with Crippen LogP contribution in [0.25, 0.3) is 0 Å². The van der Waals surface area contributed by atoms with Crippen LogP contribution in [-0.4, -0.2) is 22.8 Å². The Bertz CT molecular complexity index is 527. The minimum absolute atomic E-state index is 0.125. The topological polar surface area (TPSA) is 46.5 Å². The molecule has 0 aromatic heterocycles. The van der Waals surface area contributed by atoms with Crippen LogP contribution in [-0.2, 0) is 9.53 Å². The minimum atomic E-state index is -0.693. The van der Waals surface area contributed by atoms with Crippen LogP contribution >= 0.6 is 0 Å². The van der Waals surface area contributed by atoms with E-state index >= 15 is 0 Å². The fraction of sp³-hybridized carbons (Fsp3) is 0.750. The summed E-state index contributed by atoms with van der Waals surface area (Å²) in [5.74, 6) is 0.413. The Morgan fingerprint density at radius 2 is 2.09 bits per heavy atom. The summed E-state index contributed by atoms with van der Waals surface area (Å²) < 4.78 is 5.86. The van der Waals surface area contributed by atoms with Gasteiger partial charge in [0.05, 0.1) is 5.60 Å². The van der Waals surface area contributed by atoms with Crippen molar-refractivity contribution in [3.05, 3.63) is 23.3 Å². The van der Waals surface area contributed by atoms with Crippen molar-refractivity contribution in [3.63, 3.8) is 0 Å². The third-order valence-corrected chi connectivity index (χ3v) is 6.18. The van der Waals surface area contributed by atoms with Gasteiger partial charge in [0.15, 0.2) is 0 Å². The summed E-state index contributed by atoms with van der Waals surface area (Å²) in [6.07, 6.45) is 7.16. The van der Waals surface area contributed by atoms with Gasteiger partial charge in [0.2, 0.25) is 0 Å². The molecule has 0 radical (unpaired) electrons. The van der Waals surface area contributed by atoms with Crippen molar-refractivity contribution in [1.29, 1.82) is 0 Å². The molecule has 3 heteroatoms. The Morgan fingerprint density at radius 3 is 2.65 bits per heavy atom. The maximum Gasteiger partial charge on any atom is 0.333 e. The summed E-state index contributed by atoms with van der Waals surface area (Å²) in [6.45, 7) is 12.2. The Hall–Kier alpha value is -1.09. The minimum Gasteiger partial charge on any atom is -0.458 e. The van der Waals surface area contributed by atoms with Gasteiger partial charge in [-0.2, -0.15) is 0 Å². The molecule has 4 atom stereocenters. The van der Waals surface area contributed by atoms with E-state index in [1.807, 2.05) is 13.8 Å². The van der Waals surface area contributed by atoms with E-state index in [-0.39, 0.29) is 23.4 Å². The molecule has 0 aliphatic heterocycles. The molecule has 2 aliphatic carbocycles. The van der Waals surface area contributed by atoms with Gasteiger partial charge in [-0.1, -0.05) is 38.5 Å². The maximum absolute atomic E-state index is 12.2. The maximum atomic E-state index is 12.2. The lowest BCUT2D eigenvalue weighted by molar-refractivity contribution is -0.182. The molecule has 2 rings (SSSR count). The summed E-state index contributed by atoms with van der Waals surface area (Å²) in [5, 5.41) is 11.0. The molecule has 2 aliphatic rings. The van der Waals surface area contributed by atoms with Gasteiger partial charge in [0.1, 0.15) is 6.10 Å². The standard InChI is InChI=1S/C20H32O3/c1-7-14(4)18(21)23-17-9-11-20(6,22)16-12-15(13(2)3)8-10-19(16,17)5/h7-8,13,16-17,22H,9-12H2,1-6H3/b14-7-/t16-,17-,19-,20+/m1/s1. The predicted molar refractivity (Wildman–Crippen MR) is 92.9 cm³/mol. The second-order valence-electron chi connectivity index (χ2n) is 8.16. The van der Waals surface area contributed by atoms with Gasteiger partial charge >= 0.3 is 5.97 Å². The third kappa shape index (κ3) is 3.40. The normalized spacial score (nSPS) is 38.1. The van der Waals surface area contributed by atoms with Crippen molar-refractivity contribution in [3.8, 4) is 0 Å². The highest BCUT2D eigenvalue weighted by molar-refractivity contribution is 5.87. The summed E-state index contributed by atoms with van der Waals surface area (Å²) >= 11 is 0. The first-order valence-electron chi connectivity index (χ1n) is 8.87. The first-order valence-corrected chi connectivity index (χ1v) is 8.87. The zero-order chi connectivity index (χ0) is 17.4. The number of carbonyl (C=O) groups excluding carboxylic acids is 1. The molecular weight excluding hydrogens is 288 g/mol. The molecule has 0 amide bonds. The smallest absolute Gasteiger partial charge is 0.333 e. The van der Waals surface area contributed by atoms with E-state index in [2.05, 4.69) is 26.8 Å². The van der Waals surface area contributed by atoms with Gasteiger partial charge < -0.3 is 9.84 Å². The summed E-state index contributed by atoms with van der Waals surface area (Å²) in [6, 6.07) is 0. The average molecular weight is 320 g/mol. The van der Waals surface area contributed by atoms with E-state index in [4.69, 9.17) is 4.74 Å². The summed E-state index contributed by atoms with van der Waals surface area (Å²) in [7, 11) is 0. The van der Waals surface area contributed by atoms with Crippen molar-refractivity contribution in [2.75, 3.05) is 0 Å². The number of aliphatic hydroxyl groups is 1. The van der Waals surface area contributed by atoms with Crippen molar-refractivity contribution in [1.82, 2.24) is 0 Å². The van der Waals surface area contributed by atoms with Gasteiger partial charge in [-0.15, -0.1) is 0 Å². The van der Waals surface area contributed by atoms with Gasteiger partial charge in [0.25, 0.3) is 0 Å². The van der Waals surface area contributed by atoms with Crippen LogP contribution in [0, 0.1) is 17.3 Å². The lowest BCUT2D eigenvalue weighted by Gasteiger charge is -2.55. The van der Waals surface area contributed by atoms with Crippen LogP contribution in [0.5, 0.6) is 0 Å². The average Bonchev–Trinajstić information content (AvgIpc) is 2.49. The molecule has 130 valence electrons. The van der Waals surface area contributed by atoms with E-state index in [1.54, 1.807) is 13.0 Å². The number of ether oxygens (including phenoxy) is 1. The molecule has 0 aromatic rings. The number of rotatable bonds is 3. The Morgan fingerprint density at radius 1 is 1.43 bits per heavy atom. The number of hydrogen-bond donors (Lipinski definition) is 1. The van der Waals surface area contributed by atoms with Crippen LogP contribution in [0.15, 0.2) is 23.3 Å². The van der Waals surface area contributed by atoms with Crippen LogP contribution in [0.1, 0.15) is 67.2 Å². The quantitative estimate of drug-likeness (QED) is 0.476. The van der Waals surface area contributed by atoms with Gasteiger partial charge in [-0.3, -0.25) is 0 Å². The van der Waals surface area contributed by atoms with Crippen molar-refractivity contribution in [2.24, 2.45) is 17.3 Å². The Labute approximate surface area is 140 Å². The number of allylic oxidation sites excluding steroid dienone is 3. The van der Waals surface area contributed by atoms with E-state index in [0.29, 0.717) is 17.9 Å². The number of esters is 1. The van der Waals surface area contributed by atoms with E-state index in [1.165, 1.54) is 5.57 Å². The van der Waals surface area contributed by atoms with Crippen LogP contribution in [0.2, 0.25) is 0 Å². The number of hydrogen-bond acceptors (Lipinski definition) is 3. The third-order valence-electron chi connectivity index (χ3n) is 6.18. The second kappa shape index (κ2) is 6.43. The molecule has 1 fully saturated rings. The largest absolute Gasteiger partial charge is 0.458 e. The molecule has 1 N–H and O–H groups in total. The Kier molecular flexibility index (Phi) is 5.10. The van der Waals surface area contributed by atoms with Crippen molar-refractivity contribution in [2.45, 2.75) is 78.9 Å². The first kappa shape index (κ1) is 18.3. The molecular formula is C20H32O3. The summed E-state index contributed by atoms with van der Waals surface area (Å²) in [5.41, 5.74) is 1.19. The van der Waals surface area contributed by atoms with Gasteiger partial charge in [-0.25, -0.2) is 4.79 Å². The zero-order valence-electron chi connectivity index (χ0n) is 15.5. The highest BCUT2D eigenvalue weighted by Gasteiger charge is 2.55. The van der Waals surface area contributed by atoms with Crippen LogP contribution < -0.4 is 0 Å². The van der Waals surface area contributed by atoms with Crippen molar-refractivity contribution >= 4 is 5.97 Å². The lowest BCUT2D eigenvalue weighted by Crippen LogP contribution is -2.57.